The van der Waals surface area contributed by atoms with Crippen LogP contribution < -0.4 is 15.2 Å². The number of fused-ring (bicyclic) bond motifs is 1. The Morgan fingerprint density at radius 1 is 1.19 bits per heavy atom. The van der Waals surface area contributed by atoms with Gasteiger partial charge in [0.2, 0.25) is 18.6 Å². The van der Waals surface area contributed by atoms with Gasteiger partial charge in [-0.25, -0.2) is 4.99 Å². The van der Waals surface area contributed by atoms with Crippen molar-refractivity contribution in [3.63, 3.8) is 0 Å². The standard InChI is InChI=1S/C20H16F3N3O4S/c21-20(22,23)12-2-1-3-13(7-12)25-19-26(18(28)16(31-19)8-17(24)27)9-11-4-5-14-15(6-11)30-10-29-14/h1-7,16H,8-10H2,(H2,24,27). The summed E-state index contributed by atoms with van der Waals surface area (Å²) in [6.07, 6.45) is -4.72. The number of primary amides is 1. The minimum absolute atomic E-state index is 0.0422. The molecule has 2 aromatic carbocycles. The lowest BCUT2D eigenvalue weighted by Crippen LogP contribution is -2.33. The molecule has 0 aromatic heterocycles. The van der Waals surface area contributed by atoms with Gasteiger partial charge in [-0.1, -0.05) is 23.9 Å². The number of hydrogen-bond acceptors (Lipinski definition) is 6. The average molecular weight is 451 g/mol. The third-order valence-electron chi connectivity index (χ3n) is 4.58. The molecule has 2 amide bonds. The molecule has 2 N–H and O–H groups in total. The van der Waals surface area contributed by atoms with Gasteiger partial charge in [0.25, 0.3) is 0 Å². The molecule has 0 radical (unpaired) electrons. The van der Waals surface area contributed by atoms with E-state index in [9.17, 15) is 22.8 Å². The molecule has 7 nitrogen and oxygen atoms in total. The van der Waals surface area contributed by atoms with Gasteiger partial charge in [0.15, 0.2) is 16.7 Å². The zero-order valence-corrected chi connectivity index (χ0v) is 16.7. The highest BCUT2D eigenvalue weighted by molar-refractivity contribution is 8.15. The molecule has 2 aromatic rings. The number of carbonyl (C=O) groups is 2. The van der Waals surface area contributed by atoms with E-state index in [0.717, 1.165) is 23.9 Å². The van der Waals surface area contributed by atoms with Crippen LogP contribution in [0.5, 0.6) is 11.5 Å². The van der Waals surface area contributed by atoms with Gasteiger partial charge in [0.05, 0.1) is 17.8 Å². The third-order valence-corrected chi connectivity index (χ3v) is 5.76. The van der Waals surface area contributed by atoms with Crippen molar-refractivity contribution in [2.75, 3.05) is 6.79 Å². The van der Waals surface area contributed by atoms with Crippen LogP contribution in [0.2, 0.25) is 0 Å². The zero-order chi connectivity index (χ0) is 22.2. The molecule has 0 aliphatic carbocycles. The Morgan fingerprint density at radius 2 is 1.97 bits per heavy atom. The van der Waals surface area contributed by atoms with E-state index in [0.29, 0.717) is 17.1 Å². The van der Waals surface area contributed by atoms with Gasteiger partial charge in [0, 0.05) is 6.42 Å². The fourth-order valence-corrected chi connectivity index (χ4v) is 4.31. The highest BCUT2D eigenvalue weighted by atomic mass is 32.2. The largest absolute Gasteiger partial charge is 0.454 e. The molecule has 2 aliphatic heterocycles. The normalized spacial score (nSPS) is 19.3. The Kier molecular flexibility index (Phi) is 5.52. The van der Waals surface area contributed by atoms with E-state index in [2.05, 4.69) is 4.99 Å². The van der Waals surface area contributed by atoms with Crippen molar-refractivity contribution >= 4 is 34.4 Å². The second-order valence-electron chi connectivity index (χ2n) is 6.83. The number of thioether (sulfide) groups is 1. The van der Waals surface area contributed by atoms with Crippen LogP contribution in [0.15, 0.2) is 47.5 Å². The van der Waals surface area contributed by atoms with Gasteiger partial charge in [0.1, 0.15) is 5.25 Å². The van der Waals surface area contributed by atoms with Crippen molar-refractivity contribution in [3.8, 4) is 11.5 Å². The average Bonchev–Trinajstić information content (AvgIpc) is 3.27. The predicted octanol–water partition coefficient (Wildman–Crippen LogP) is 3.44. The van der Waals surface area contributed by atoms with Crippen LogP contribution in [0, 0.1) is 0 Å². The molecule has 11 heteroatoms. The van der Waals surface area contributed by atoms with Crippen molar-refractivity contribution in [3.05, 3.63) is 53.6 Å². The van der Waals surface area contributed by atoms with Crippen molar-refractivity contribution in [1.82, 2.24) is 4.90 Å². The van der Waals surface area contributed by atoms with Gasteiger partial charge in [-0.05, 0) is 35.9 Å². The Bertz CT molecular complexity index is 1070. The molecule has 31 heavy (non-hydrogen) atoms. The number of nitrogens with zero attached hydrogens (tertiary/aromatic N) is 2. The van der Waals surface area contributed by atoms with Crippen LogP contribution in [0.25, 0.3) is 0 Å². The summed E-state index contributed by atoms with van der Waals surface area (Å²) in [6.45, 7) is 0.190. The summed E-state index contributed by atoms with van der Waals surface area (Å²) < 4.78 is 49.7. The maximum atomic E-state index is 13.0. The molecular formula is C20H16F3N3O4S. The lowest BCUT2D eigenvalue weighted by atomic mass is 10.1. The van der Waals surface area contributed by atoms with E-state index in [1.165, 1.54) is 17.0 Å². The lowest BCUT2D eigenvalue weighted by molar-refractivity contribution is -0.137. The topological polar surface area (TPSA) is 94.2 Å². The predicted molar refractivity (Wildman–Crippen MR) is 107 cm³/mol. The number of benzene rings is 2. The van der Waals surface area contributed by atoms with E-state index in [1.54, 1.807) is 18.2 Å². The number of nitrogens with two attached hydrogens (primary N) is 1. The number of rotatable bonds is 5. The van der Waals surface area contributed by atoms with Crippen molar-refractivity contribution in [2.45, 2.75) is 24.4 Å². The number of ether oxygens (including phenoxy) is 2. The summed E-state index contributed by atoms with van der Waals surface area (Å²) in [6, 6.07) is 9.66. The first-order chi connectivity index (χ1) is 14.7. The van der Waals surface area contributed by atoms with Crippen LogP contribution in [0.4, 0.5) is 18.9 Å². The van der Waals surface area contributed by atoms with E-state index in [1.807, 2.05) is 0 Å². The van der Waals surface area contributed by atoms with Crippen LogP contribution in [-0.4, -0.2) is 33.9 Å². The number of halogens is 3. The van der Waals surface area contributed by atoms with Gasteiger partial charge in [-0.2, -0.15) is 13.2 Å². The summed E-state index contributed by atoms with van der Waals surface area (Å²) in [4.78, 5) is 29.8. The Morgan fingerprint density at radius 3 is 2.71 bits per heavy atom. The molecule has 1 atom stereocenters. The number of hydrogen-bond donors (Lipinski definition) is 1. The van der Waals surface area contributed by atoms with E-state index in [-0.39, 0.29) is 30.6 Å². The number of amides is 2. The molecule has 2 aliphatic rings. The highest BCUT2D eigenvalue weighted by Crippen LogP contribution is 2.37. The Labute approximate surface area is 179 Å². The van der Waals surface area contributed by atoms with Crippen LogP contribution in [-0.2, 0) is 22.3 Å². The van der Waals surface area contributed by atoms with Crippen LogP contribution in [0.1, 0.15) is 17.5 Å². The SMILES string of the molecule is NC(=O)CC1SC(=Nc2cccc(C(F)(F)F)c2)N(Cc2ccc3c(c2)OCO3)C1=O. The first-order valence-electron chi connectivity index (χ1n) is 9.11. The maximum absolute atomic E-state index is 13.0. The van der Waals surface area contributed by atoms with Gasteiger partial charge in [-0.15, -0.1) is 0 Å². The second-order valence-corrected chi connectivity index (χ2v) is 8.00. The fraction of sp³-hybridized carbons (Fsp3) is 0.250. The monoisotopic (exact) mass is 451 g/mol. The molecule has 2 heterocycles. The molecule has 4 rings (SSSR count). The van der Waals surface area contributed by atoms with Gasteiger partial charge < -0.3 is 15.2 Å². The quantitative estimate of drug-likeness (QED) is 0.752. The van der Waals surface area contributed by atoms with E-state index < -0.39 is 28.8 Å². The van der Waals surface area contributed by atoms with E-state index >= 15 is 0 Å². The van der Waals surface area contributed by atoms with Crippen molar-refractivity contribution in [1.29, 1.82) is 0 Å². The summed E-state index contributed by atoms with van der Waals surface area (Å²) in [5, 5.41) is -0.607. The summed E-state index contributed by atoms with van der Waals surface area (Å²) in [5.41, 5.74) is 5.14. The summed E-state index contributed by atoms with van der Waals surface area (Å²) in [7, 11) is 0. The van der Waals surface area contributed by atoms with Gasteiger partial charge in [-0.3, -0.25) is 14.5 Å². The number of amidine groups is 1. The number of carbonyl (C=O) groups excluding carboxylic acids is 2. The first-order valence-corrected chi connectivity index (χ1v) is 9.99. The third kappa shape index (κ3) is 4.61. The van der Waals surface area contributed by atoms with Crippen molar-refractivity contribution < 1.29 is 32.2 Å². The van der Waals surface area contributed by atoms with E-state index in [4.69, 9.17) is 15.2 Å². The molecule has 1 unspecified atom stereocenters. The molecule has 0 bridgehead atoms. The number of alkyl halides is 3. The fourth-order valence-electron chi connectivity index (χ4n) is 3.14. The molecule has 0 spiro atoms. The molecular weight excluding hydrogens is 435 g/mol. The molecule has 0 saturated carbocycles. The van der Waals surface area contributed by atoms with Crippen LogP contribution >= 0.6 is 11.8 Å². The molecule has 1 saturated heterocycles. The maximum Gasteiger partial charge on any atom is 0.416 e. The first kappa shape index (κ1) is 21.0. The Balaban J connectivity index is 1.65. The highest BCUT2D eigenvalue weighted by Gasteiger charge is 2.39. The van der Waals surface area contributed by atoms with Crippen LogP contribution in [0.3, 0.4) is 0 Å². The molecule has 1 fully saturated rings. The number of aliphatic imine (C=N–C) groups is 1. The smallest absolute Gasteiger partial charge is 0.416 e. The minimum atomic E-state index is -4.52. The van der Waals surface area contributed by atoms with Crippen molar-refractivity contribution in [2.24, 2.45) is 10.7 Å². The second kappa shape index (κ2) is 8.14. The lowest BCUT2D eigenvalue weighted by Gasteiger charge is -2.17. The summed E-state index contributed by atoms with van der Waals surface area (Å²) >= 11 is 0.996. The zero-order valence-electron chi connectivity index (χ0n) is 15.9. The Hall–Kier alpha value is -3.21. The van der Waals surface area contributed by atoms with Gasteiger partial charge >= 0.3 is 6.18 Å². The molecule has 162 valence electrons. The summed E-state index contributed by atoms with van der Waals surface area (Å²) in [5.74, 6) is 0.0542. The minimum Gasteiger partial charge on any atom is -0.454 e.